The first-order valence-corrected chi connectivity index (χ1v) is 42.1. The molecule has 0 bridgehead atoms. The van der Waals surface area contributed by atoms with Gasteiger partial charge < -0.3 is 67.9 Å². The Balaban J connectivity index is 0.000000263. The van der Waals surface area contributed by atoms with Crippen LogP contribution in [0.2, 0.25) is 0 Å². The number of aromatic carboxylic acids is 1. The van der Waals surface area contributed by atoms with Gasteiger partial charge in [0.2, 0.25) is 0 Å². The molecule has 6 aromatic heterocycles. The first kappa shape index (κ1) is 107. The van der Waals surface area contributed by atoms with E-state index in [0.717, 1.165) is 106 Å². The van der Waals surface area contributed by atoms with Gasteiger partial charge in [-0.25, -0.2) is 51.1 Å². The largest absolute Gasteiger partial charge is 0.495 e. The predicted molar refractivity (Wildman–Crippen MR) is 491 cm³/mol. The van der Waals surface area contributed by atoms with E-state index in [1.165, 1.54) is 51.7 Å². The number of aromatic nitrogens is 6. The van der Waals surface area contributed by atoms with Crippen LogP contribution in [0, 0.1) is 54.8 Å². The lowest BCUT2D eigenvalue weighted by molar-refractivity contribution is 0.00578. The number of methoxy groups -OCH3 is 3. The van der Waals surface area contributed by atoms with Crippen LogP contribution in [0.5, 0.6) is 0 Å². The van der Waals surface area contributed by atoms with Crippen molar-refractivity contribution in [1.29, 1.82) is 0 Å². The average molecular weight is 1890 g/mol. The number of hydrogen-bond donors (Lipinski definition) is 3. The maximum Gasteiger partial charge on any atom is 0.495 e. The second-order valence-electron chi connectivity index (χ2n) is 33.6. The fraction of sp³-hybridized carbons (Fsp3) is 0.424. The number of halogens is 7. The van der Waals surface area contributed by atoms with E-state index in [4.69, 9.17) is 43.5 Å². The van der Waals surface area contributed by atoms with Crippen molar-refractivity contribution in [2.75, 3.05) is 63.6 Å². The lowest BCUT2D eigenvalue weighted by Gasteiger charge is -2.32. The number of carbonyl (C=O) groups excluding carboxylic acids is 4. The number of morpholine rings is 1. The van der Waals surface area contributed by atoms with E-state index >= 15 is 0 Å². The summed E-state index contributed by atoms with van der Waals surface area (Å²) in [7, 11) is 2.50. The van der Waals surface area contributed by atoms with Crippen LogP contribution in [0.3, 0.4) is 0 Å². The topological polar surface area (TPSA) is 317 Å². The van der Waals surface area contributed by atoms with Gasteiger partial charge in [-0.05, 0) is 250 Å². The van der Waals surface area contributed by atoms with Gasteiger partial charge in [-0.3, -0.25) is 24.7 Å². The van der Waals surface area contributed by atoms with E-state index in [1.54, 1.807) is 19.2 Å². The third-order valence-electron chi connectivity index (χ3n) is 21.1. The molecule has 0 spiro atoms. The molecule has 682 valence electrons. The molecule has 0 unspecified atom stereocenters. The van der Waals surface area contributed by atoms with Gasteiger partial charge in [0.25, 0.3) is 5.91 Å². The van der Waals surface area contributed by atoms with Crippen LogP contribution in [0.15, 0.2) is 138 Å². The third kappa shape index (κ3) is 30.0. The molecule has 10 heterocycles. The third-order valence-corrected chi connectivity index (χ3v) is 22.0. The summed E-state index contributed by atoms with van der Waals surface area (Å²) in [4.78, 5) is 82.0. The minimum Gasteiger partial charge on any atom is -0.478 e. The number of nitrogens with two attached hydrogens (primary N) is 1. The van der Waals surface area contributed by atoms with Gasteiger partial charge in [0.15, 0.2) is 29.1 Å². The molecule has 0 saturated carbocycles. The van der Waals surface area contributed by atoms with Crippen molar-refractivity contribution >= 4 is 117 Å². The van der Waals surface area contributed by atoms with Crippen LogP contribution in [0.4, 0.5) is 39.0 Å². The van der Waals surface area contributed by atoms with Gasteiger partial charge in [0.1, 0.15) is 10.3 Å². The quantitative estimate of drug-likeness (QED) is 0.0173. The number of hydrogen-bond acceptors (Lipinski definition) is 23. The van der Waals surface area contributed by atoms with E-state index in [0.29, 0.717) is 38.6 Å². The number of pyridine rings is 6. The summed E-state index contributed by atoms with van der Waals surface area (Å²) >= 11 is 6.45. The number of nitrogens with zero attached hydrogens (tertiary/aromatic N) is 7. The Kier molecular flexibility index (Phi) is 39.5. The van der Waals surface area contributed by atoms with Gasteiger partial charge in [0, 0.05) is 52.2 Å². The van der Waals surface area contributed by atoms with Crippen molar-refractivity contribution in [3.05, 3.63) is 234 Å². The number of carbonyl (C=O) groups is 5. The van der Waals surface area contributed by atoms with Crippen LogP contribution in [0.1, 0.15) is 255 Å². The van der Waals surface area contributed by atoms with Gasteiger partial charge >= 0.3 is 45.2 Å². The van der Waals surface area contributed by atoms with Crippen molar-refractivity contribution in [1.82, 2.24) is 29.9 Å². The van der Waals surface area contributed by atoms with Gasteiger partial charge in [-0.2, -0.15) is 0 Å². The normalized spacial score (nSPS) is 15.5. The SMILES string of the molecule is C=C(C)B1OC(C)(C)C(C)(C)O1.C=C(C)c1cc(C(=O)OC)c(F)cn1.CC#Cc1ncc(Br)cc1N1CCOCC1.CC(C)c1cc(C(=O)O)c(F)cn1.COC(=O)c1cc(Br)ncc1F.COC(=O)c1cc(C(C)C)ncc1F.Cc1ccc(N)cc1B1OC(C)(C)C(C)(C)O1.Cc1ccc(NC(=O)c2cc(C(C)C)ncc2F)cc1B1OC(C)(C)C(C)(C)O1. The highest BCUT2D eigenvalue weighted by Crippen LogP contribution is 2.40. The van der Waals surface area contributed by atoms with E-state index in [1.807, 2.05) is 155 Å². The number of rotatable bonds is 14. The molecule has 4 N–H and O–H groups in total. The standard InChI is InChI=1S/C22H28BFN2O3.C13H20BNO2.C12H13BrN2O.C10H12FNO2.C10H10FNO2.C9H17BO2.C9H10FNO2.C7H5BrFNO2/c1-13(2)19-11-16(18(24)12-25-19)20(27)26-15-9-8-14(3)17(10-15)23-28-21(4,5)22(6,7)29-23;1-9-6-7-10(15)8-11(9)14-16-12(2,3)13(4,5)17-14;1-2-3-11-12(8-10(13)9-14-11)15-4-6-16-7-5-15;2*1-6(2)9-4-7(10(13)14-3)8(11)5-12-9;1-7(2)10-11-8(3,4)9(5,6)12-10;1-5(2)8-3-6(9(12)13)7(10)4-11-8;1-12-7(11)4-2-6(8)10-3-5(4)9/h8-13H,1-7H3,(H,26,27);6-8H,15H2,1-5H3;8-9H,4-7H2,1H3;4-6H,1-3H3;4-5H,1H2,2-3H3;1H2,2-6H3;3-5H,1-2H3,(H,12,13);2-3H,1H3. The minimum atomic E-state index is -1.26. The zero-order valence-electron chi connectivity index (χ0n) is 77.0. The van der Waals surface area contributed by atoms with Gasteiger partial charge in [0.05, 0.1) is 138 Å². The number of aryl methyl sites for hydroxylation is 2. The number of amides is 1. The fourth-order valence-electron chi connectivity index (χ4n) is 11.3. The summed E-state index contributed by atoms with van der Waals surface area (Å²) in [6.45, 7) is 56.0. The summed E-state index contributed by atoms with van der Waals surface area (Å²) in [5.74, 6) is -1.08. The Hall–Kier alpha value is -10.1. The second kappa shape index (κ2) is 46.7. The maximum atomic E-state index is 14.2. The number of nitrogens with one attached hydrogen (secondary N) is 1. The van der Waals surface area contributed by atoms with Crippen molar-refractivity contribution in [3.63, 3.8) is 0 Å². The lowest BCUT2D eigenvalue weighted by Crippen LogP contribution is -2.41. The van der Waals surface area contributed by atoms with Crippen molar-refractivity contribution in [3.8, 4) is 11.8 Å². The monoisotopic (exact) mass is 1890 g/mol. The molecule has 127 heavy (non-hydrogen) atoms. The lowest BCUT2D eigenvalue weighted by atomic mass is 9.76. The Morgan fingerprint density at radius 1 is 0.520 bits per heavy atom. The molecule has 0 aliphatic carbocycles. The Morgan fingerprint density at radius 2 is 0.898 bits per heavy atom. The number of carboxylic acid groups (broad SMARTS) is 1. The number of nitrogen functional groups attached to an aromatic ring is 1. The zero-order valence-corrected chi connectivity index (χ0v) is 80.2. The molecule has 12 rings (SSSR count). The van der Waals surface area contributed by atoms with Crippen LogP contribution >= 0.6 is 31.9 Å². The molecule has 1 amide bonds. The number of carboxylic acids is 1. The Bertz CT molecular complexity index is 5250. The molecule has 4 aliphatic heterocycles. The molecule has 35 heteroatoms. The summed E-state index contributed by atoms with van der Waals surface area (Å²) in [6.07, 6.45) is 6.80. The first-order valence-electron chi connectivity index (χ1n) is 40.5. The smallest absolute Gasteiger partial charge is 0.478 e. The Labute approximate surface area is 760 Å². The van der Waals surface area contributed by atoms with Crippen LogP contribution in [0.25, 0.3) is 5.57 Å². The molecule has 25 nitrogen and oxygen atoms in total. The Morgan fingerprint density at radius 3 is 1.31 bits per heavy atom. The zero-order chi connectivity index (χ0) is 95.9. The van der Waals surface area contributed by atoms with E-state index in [-0.39, 0.29) is 82.2 Å². The summed E-state index contributed by atoms with van der Waals surface area (Å²) in [6, 6.07) is 20.1. The maximum absolute atomic E-state index is 14.2. The fourth-order valence-corrected chi connectivity index (χ4v) is 11.9. The van der Waals surface area contributed by atoms with E-state index in [2.05, 4.69) is 145 Å². The molecule has 2 aromatic carbocycles. The summed E-state index contributed by atoms with van der Waals surface area (Å²) < 4.78 is 122. The summed E-state index contributed by atoms with van der Waals surface area (Å²) in [5, 5.41) is 11.4. The molecule has 4 aliphatic rings. The number of esters is 3. The van der Waals surface area contributed by atoms with Crippen molar-refractivity contribution in [2.45, 2.75) is 211 Å². The highest BCUT2D eigenvalue weighted by molar-refractivity contribution is 9.10. The second-order valence-corrected chi connectivity index (χ2v) is 35.3. The molecule has 0 radical (unpaired) electrons. The molecule has 4 saturated heterocycles. The van der Waals surface area contributed by atoms with Crippen LogP contribution in [-0.2, 0) is 46.9 Å². The van der Waals surface area contributed by atoms with E-state index in [9.17, 15) is 45.9 Å². The van der Waals surface area contributed by atoms with Crippen LogP contribution < -0.4 is 26.9 Å². The minimum absolute atomic E-state index is 0.0264. The highest BCUT2D eigenvalue weighted by Gasteiger charge is 2.54. The molecule has 4 fully saturated rings. The van der Waals surface area contributed by atoms with E-state index < -0.39 is 77.2 Å². The number of allylic oxidation sites excluding steroid dienone is 2. The van der Waals surface area contributed by atoms with Crippen molar-refractivity contribution < 1.29 is 97.9 Å². The molecule has 8 aromatic rings. The number of benzene rings is 2. The van der Waals surface area contributed by atoms with Gasteiger partial charge in [-0.1, -0.05) is 82.8 Å². The van der Waals surface area contributed by atoms with Crippen LogP contribution in [-0.4, -0.2) is 167 Å². The predicted octanol–water partition coefficient (Wildman–Crippen LogP) is 18.3. The van der Waals surface area contributed by atoms with Gasteiger partial charge in [-0.15, -0.1) is 6.58 Å². The highest BCUT2D eigenvalue weighted by atomic mass is 79.9. The molecular formula is C92H115B3Br2F5N9O16. The summed E-state index contributed by atoms with van der Waals surface area (Å²) in [5.41, 5.74) is 14.3. The number of anilines is 3. The average Bonchev–Trinajstić information content (AvgIpc) is 1.63. The van der Waals surface area contributed by atoms with Crippen molar-refractivity contribution in [2.24, 2.45) is 0 Å². The number of ether oxygens (including phenoxy) is 4. The molecular weight excluding hydrogens is 1770 g/mol. The molecule has 0 atom stereocenters. The first-order chi connectivity index (χ1) is 59.0.